The van der Waals surface area contributed by atoms with Crippen molar-refractivity contribution in [3.63, 3.8) is 0 Å². The van der Waals surface area contributed by atoms with Gasteiger partial charge in [0.05, 0.1) is 0 Å². The molecule has 0 saturated carbocycles. The van der Waals surface area contributed by atoms with E-state index < -0.39 is 0 Å². The second-order valence-electron chi connectivity index (χ2n) is 1.28. The van der Waals surface area contributed by atoms with E-state index in [0.29, 0.717) is 0 Å². The van der Waals surface area contributed by atoms with Crippen LogP contribution in [0, 0.1) is 6.58 Å². The lowest BCUT2D eigenvalue weighted by Gasteiger charge is -1.87. The van der Waals surface area contributed by atoms with E-state index in [1.165, 1.54) is 0 Å². The van der Waals surface area contributed by atoms with Gasteiger partial charge < -0.3 is 0 Å². The van der Waals surface area contributed by atoms with Crippen molar-refractivity contribution in [1.82, 2.24) is 0 Å². The van der Waals surface area contributed by atoms with Crippen LogP contribution in [-0.2, 0) is 0 Å². The molecule has 0 aromatic rings. The Morgan fingerprint density at radius 2 is 2.33 bits per heavy atom. The Morgan fingerprint density at radius 3 is 2.33 bits per heavy atom. The normalized spacial score (nSPS) is 8.33. The van der Waals surface area contributed by atoms with Gasteiger partial charge in [-0.1, -0.05) is 12.2 Å². The van der Waals surface area contributed by atoms with Crippen molar-refractivity contribution in [2.45, 2.75) is 6.92 Å². The second-order valence-corrected chi connectivity index (χ2v) is 2.15. The summed E-state index contributed by atoms with van der Waals surface area (Å²) in [7, 11) is 0. The Bertz CT molecular complexity index is 47.9. The maximum absolute atomic E-state index is 5.30. The van der Waals surface area contributed by atoms with Crippen LogP contribution >= 0.6 is 11.8 Å². The molecule has 1 heteroatoms. The summed E-state index contributed by atoms with van der Waals surface area (Å²) in [5.41, 5.74) is 1.00. The van der Waals surface area contributed by atoms with Gasteiger partial charge in [-0.2, -0.15) is 11.8 Å². The molecule has 0 aliphatic heterocycles. The topological polar surface area (TPSA) is 0 Å². The zero-order valence-electron chi connectivity index (χ0n) is 4.19. The van der Waals surface area contributed by atoms with E-state index in [4.69, 9.17) is 6.58 Å². The first-order valence-electron chi connectivity index (χ1n) is 1.84. The first-order chi connectivity index (χ1) is 2.77. The predicted molar refractivity (Wildman–Crippen MR) is 31.9 cm³/mol. The van der Waals surface area contributed by atoms with Gasteiger partial charge in [0.1, 0.15) is 0 Å². The molecule has 0 atom stereocenters. The molecule has 0 aliphatic rings. The molecular weight excluding hydrogens is 92.1 g/mol. The van der Waals surface area contributed by atoms with Gasteiger partial charge in [0.15, 0.2) is 0 Å². The Balaban J connectivity index is 2.83. The highest BCUT2D eigenvalue weighted by atomic mass is 32.2. The summed E-state index contributed by atoms with van der Waals surface area (Å²) in [6.45, 7) is 7.23. The molecule has 0 fully saturated rings. The lowest BCUT2D eigenvalue weighted by atomic mass is 10.4. The molecule has 0 aromatic heterocycles. The lowest BCUT2D eigenvalue weighted by molar-refractivity contribution is 1.43. The third-order valence-corrected chi connectivity index (χ3v) is 1.12. The summed E-state index contributed by atoms with van der Waals surface area (Å²) in [4.78, 5) is 0. The summed E-state index contributed by atoms with van der Waals surface area (Å²) in [5.74, 6) is 0.986. The monoisotopic (exact) mass is 101 g/mol. The van der Waals surface area contributed by atoms with Crippen LogP contribution in [0.25, 0.3) is 0 Å². The van der Waals surface area contributed by atoms with Crippen molar-refractivity contribution in [3.05, 3.63) is 12.2 Å². The van der Waals surface area contributed by atoms with Gasteiger partial charge in [-0.3, -0.25) is 0 Å². The van der Waals surface area contributed by atoms with Gasteiger partial charge in [0.25, 0.3) is 0 Å². The van der Waals surface area contributed by atoms with Crippen molar-refractivity contribution >= 4 is 11.8 Å². The van der Waals surface area contributed by atoms with Crippen LogP contribution in [-0.4, -0.2) is 12.0 Å². The summed E-state index contributed by atoms with van der Waals surface area (Å²) >= 11 is 1.75. The third kappa shape index (κ3) is 4.09. The SMILES string of the molecule is [CH]=C(C)CSC. The van der Waals surface area contributed by atoms with Crippen molar-refractivity contribution in [2.24, 2.45) is 0 Å². The molecule has 35 valence electrons. The molecule has 0 saturated heterocycles. The molecule has 0 unspecified atom stereocenters. The molecule has 0 bridgehead atoms. The van der Waals surface area contributed by atoms with Crippen LogP contribution < -0.4 is 0 Å². The second kappa shape index (κ2) is 3.29. The van der Waals surface area contributed by atoms with Crippen LogP contribution in [0.1, 0.15) is 6.92 Å². The minimum absolute atomic E-state index is 0.986. The third-order valence-electron chi connectivity index (χ3n) is 0.372. The summed E-state index contributed by atoms with van der Waals surface area (Å²) in [5, 5.41) is 0. The van der Waals surface area contributed by atoms with E-state index in [-0.39, 0.29) is 0 Å². The van der Waals surface area contributed by atoms with E-state index >= 15 is 0 Å². The van der Waals surface area contributed by atoms with E-state index in [2.05, 4.69) is 0 Å². The largest absolute Gasteiger partial charge is 0.161 e. The average Bonchev–Trinajstić information content (AvgIpc) is 1.35. The first kappa shape index (κ1) is 6.09. The molecule has 0 amide bonds. The first-order valence-corrected chi connectivity index (χ1v) is 3.23. The van der Waals surface area contributed by atoms with Crippen LogP contribution in [0.4, 0.5) is 0 Å². The highest BCUT2D eigenvalue weighted by Crippen LogP contribution is 1.97. The Hall–Kier alpha value is 0.0900. The minimum Gasteiger partial charge on any atom is -0.161 e. The average molecular weight is 101 g/mol. The standard InChI is InChI=1S/C5H9S/c1-5(2)4-6-3/h1H,4H2,2-3H3. The summed E-state index contributed by atoms with van der Waals surface area (Å²) in [6.07, 6.45) is 2.04. The summed E-state index contributed by atoms with van der Waals surface area (Å²) < 4.78 is 0. The Morgan fingerprint density at radius 1 is 1.83 bits per heavy atom. The molecule has 0 aliphatic carbocycles. The maximum Gasteiger partial charge on any atom is 0.0140 e. The maximum atomic E-state index is 5.30. The van der Waals surface area contributed by atoms with E-state index in [9.17, 15) is 0 Å². The van der Waals surface area contributed by atoms with Crippen molar-refractivity contribution in [3.8, 4) is 0 Å². The molecule has 6 heavy (non-hydrogen) atoms. The van der Waals surface area contributed by atoms with E-state index in [1.54, 1.807) is 11.8 Å². The molecule has 0 heterocycles. The molecule has 0 rings (SSSR count). The van der Waals surface area contributed by atoms with E-state index in [1.807, 2.05) is 13.2 Å². The Kier molecular flexibility index (Phi) is 3.34. The lowest BCUT2D eigenvalue weighted by Crippen LogP contribution is -1.72. The number of rotatable bonds is 2. The van der Waals surface area contributed by atoms with Gasteiger partial charge >= 0.3 is 0 Å². The zero-order valence-corrected chi connectivity index (χ0v) is 5.01. The van der Waals surface area contributed by atoms with Gasteiger partial charge in [0.2, 0.25) is 0 Å². The van der Waals surface area contributed by atoms with Crippen LogP contribution in [0.3, 0.4) is 0 Å². The smallest absolute Gasteiger partial charge is 0.0140 e. The molecule has 0 N–H and O–H groups in total. The van der Waals surface area contributed by atoms with Crippen molar-refractivity contribution in [1.29, 1.82) is 0 Å². The number of hydrogen-bond donors (Lipinski definition) is 0. The van der Waals surface area contributed by atoms with Gasteiger partial charge in [-0.05, 0) is 13.2 Å². The molecule has 0 aromatic carbocycles. The van der Waals surface area contributed by atoms with Gasteiger partial charge in [0, 0.05) is 5.75 Å². The minimum atomic E-state index is 0.986. The van der Waals surface area contributed by atoms with Gasteiger partial charge in [-0.15, -0.1) is 0 Å². The number of hydrogen-bond acceptors (Lipinski definition) is 1. The quantitative estimate of drug-likeness (QED) is 0.510. The highest BCUT2D eigenvalue weighted by Gasteiger charge is 1.76. The van der Waals surface area contributed by atoms with Crippen molar-refractivity contribution in [2.75, 3.05) is 12.0 Å². The van der Waals surface area contributed by atoms with Crippen LogP contribution in [0.5, 0.6) is 0 Å². The molecule has 0 spiro atoms. The summed E-state index contributed by atoms with van der Waals surface area (Å²) in [6, 6.07) is 0. The molecule has 0 nitrogen and oxygen atoms in total. The number of thioether (sulfide) groups is 1. The van der Waals surface area contributed by atoms with Gasteiger partial charge in [-0.25, -0.2) is 0 Å². The van der Waals surface area contributed by atoms with Crippen LogP contribution in [0.2, 0.25) is 0 Å². The molecular formula is C5H9S. The fourth-order valence-corrected chi connectivity index (χ4v) is 0.683. The van der Waals surface area contributed by atoms with E-state index in [0.717, 1.165) is 11.3 Å². The fourth-order valence-electron chi connectivity index (χ4n) is 0.228. The molecule has 1 radical (unpaired) electrons. The predicted octanol–water partition coefficient (Wildman–Crippen LogP) is 1.73. The van der Waals surface area contributed by atoms with Crippen LogP contribution in [0.15, 0.2) is 5.57 Å². The fraction of sp³-hybridized carbons (Fsp3) is 0.600. The van der Waals surface area contributed by atoms with Crippen molar-refractivity contribution < 1.29 is 0 Å². The zero-order chi connectivity index (χ0) is 4.99. The highest BCUT2D eigenvalue weighted by molar-refractivity contribution is 7.98. The Labute approximate surface area is 43.6 Å².